The molecule has 1 unspecified atom stereocenters. The number of carboxylic acids is 1. The van der Waals surface area contributed by atoms with Gasteiger partial charge in [-0.05, 0) is 12.5 Å². The van der Waals surface area contributed by atoms with Gasteiger partial charge in [0.25, 0.3) is 5.91 Å². The first-order valence-corrected chi connectivity index (χ1v) is 6.52. The number of nitrogens with one attached hydrogen (secondary N) is 1. The molecule has 1 amide bonds. The van der Waals surface area contributed by atoms with Gasteiger partial charge >= 0.3 is 5.97 Å². The number of hydrogen-bond acceptors (Lipinski definition) is 4. The third-order valence-corrected chi connectivity index (χ3v) is 3.01. The summed E-state index contributed by atoms with van der Waals surface area (Å²) in [6, 6.07) is 9.01. The van der Waals surface area contributed by atoms with Gasteiger partial charge in [0.2, 0.25) is 0 Å². The fourth-order valence-corrected chi connectivity index (χ4v) is 2.17. The molecule has 21 heavy (non-hydrogen) atoms. The van der Waals surface area contributed by atoms with Crippen LogP contribution in [0.2, 0.25) is 0 Å². The Morgan fingerprint density at radius 1 is 1.29 bits per heavy atom. The number of methoxy groups -OCH3 is 2. The smallest absolute Gasteiger partial charge is 0.305 e. The van der Waals surface area contributed by atoms with Gasteiger partial charge in [-0.15, -0.1) is 0 Å². The van der Waals surface area contributed by atoms with Crippen molar-refractivity contribution in [2.24, 2.45) is 0 Å². The summed E-state index contributed by atoms with van der Waals surface area (Å²) < 4.78 is 10.2. The Balaban J connectivity index is 2.87. The van der Waals surface area contributed by atoms with Crippen molar-refractivity contribution in [2.75, 3.05) is 20.8 Å². The molecule has 116 valence electrons. The van der Waals surface area contributed by atoms with E-state index in [4.69, 9.17) is 14.6 Å². The van der Waals surface area contributed by atoms with Gasteiger partial charge in [0.05, 0.1) is 18.6 Å². The third kappa shape index (κ3) is 5.17. The standard InChI is InChI=1S/C15H21NO5/c1-15(10-20-2,9-12(17)18)16-14(19)13(21-3)11-7-5-4-6-8-11/h4-8,13H,9-10H2,1-3H3,(H,16,19)(H,17,18)/t13-,15?/m1/s1. The molecule has 1 aromatic carbocycles. The number of hydrogen-bond donors (Lipinski definition) is 2. The van der Waals surface area contributed by atoms with Crippen LogP contribution in [-0.2, 0) is 19.1 Å². The Labute approximate surface area is 124 Å². The summed E-state index contributed by atoms with van der Waals surface area (Å²) in [7, 11) is 2.89. The predicted octanol–water partition coefficient (Wildman–Crippen LogP) is 1.37. The van der Waals surface area contributed by atoms with Crippen LogP contribution in [0.4, 0.5) is 0 Å². The molecule has 6 nitrogen and oxygen atoms in total. The van der Waals surface area contributed by atoms with Gasteiger partial charge < -0.3 is 19.9 Å². The van der Waals surface area contributed by atoms with Crippen LogP contribution in [0.1, 0.15) is 25.0 Å². The molecular formula is C15H21NO5. The minimum absolute atomic E-state index is 0.0935. The van der Waals surface area contributed by atoms with Crippen LogP contribution >= 0.6 is 0 Å². The van der Waals surface area contributed by atoms with E-state index in [9.17, 15) is 9.59 Å². The van der Waals surface area contributed by atoms with E-state index in [1.54, 1.807) is 31.2 Å². The van der Waals surface area contributed by atoms with E-state index < -0.39 is 23.5 Å². The topological polar surface area (TPSA) is 84.9 Å². The SMILES string of the molecule is COCC(C)(CC(=O)O)NC(=O)[C@H](OC)c1ccccc1. The number of amides is 1. The van der Waals surface area contributed by atoms with E-state index in [0.717, 1.165) is 0 Å². The minimum Gasteiger partial charge on any atom is -0.481 e. The lowest BCUT2D eigenvalue weighted by molar-refractivity contribution is -0.141. The zero-order valence-corrected chi connectivity index (χ0v) is 12.5. The van der Waals surface area contributed by atoms with Crippen molar-refractivity contribution >= 4 is 11.9 Å². The molecule has 0 radical (unpaired) electrons. The molecule has 1 rings (SSSR count). The first-order valence-electron chi connectivity index (χ1n) is 6.52. The highest BCUT2D eigenvalue weighted by Crippen LogP contribution is 2.19. The molecule has 0 aromatic heterocycles. The molecule has 0 fully saturated rings. The van der Waals surface area contributed by atoms with Crippen LogP contribution in [0.15, 0.2) is 30.3 Å². The van der Waals surface area contributed by atoms with Crippen molar-refractivity contribution < 1.29 is 24.2 Å². The summed E-state index contributed by atoms with van der Waals surface area (Å²) in [5.41, 5.74) is -0.295. The average molecular weight is 295 g/mol. The van der Waals surface area contributed by atoms with Crippen molar-refractivity contribution in [1.29, 1.82) is 0 Å². The predicted molar refractivity (Wildman–Crippen MR) is 76.9 cm³/mol. The van der Waals surface area contributed by atoms with Crippen molar-refractivity contribution in [3.63, 3.8) is 0 Å². The summed E-state index contributed by atoms with van der Waals surface area (Å²) in [6.45, 7) is 1.72. The number of benzene rings is 1. The molecule has 0 aliphatic carbocycles. The molecule has 0 saturated carbocycles. The van der Waals surface area contributed by atoms with E-state index >= 15 is 0 Å². The number of carboxylic acid groups (broad SMARTS) is 1. The maximum absolute atomic E-state index is 12.4. The van der Waals surface area contributed by atoms with Crippen molar-refractivity contribution in [3.8, 4) is 0 Å². The summed E-state index contributed by atoms with van der Waals surface area (Å²) in [5.74, 6) is -1.41. The van der Waals surface area contributed by atoms with E-state index in [0.29, 0.717) is 5.56 Å². The molecule has 2 atom stereocenters. The maximum Gasteiger partial charge on any atom is 0.305 e. The van der Waals surface area contributed by atoms with Crippen molar-refractivity contribution in [2.45, 2.75) is 25.0 Å². The average Bonchev–Trinajstić information content (AvgIpc) is 2.39. The van der Waals surface area contributed by atoms with Gasteiger partial charge in [0.15, 0.2) is 6.10 Å². The van der Waals surface area contributed by atoms with Crippen LogP contribution in [0.3, 0.4) is 0 Å². The highest BCUT2D eigenvalue weighted by molar-refractivity contribution is 5.83. The molecular weight excluding hydrogens is 274 g/mol. The van der Waals surface area contributed by atoms with E-state index in [1.165, 1.54) is 14.2 Å². The summed E-state index contributed by atoms with van der Waals surface area (Å²) in [5, 5.41) is 11.7. The molecule has 0 aliphatic rings. The molecule has 0 aliphatic heterocycles. The highest BCUT2D eigenvalue weighted by Gasteiger charge is 2.32. The van der Waals surface area contributed by atoms with Gasteiger partial charge in [-0.1, -0.05) is 30.3 Å². The molecule has 0 saturated heterocycles. The molecule has 0 bridgehead atoms. The van der Waals surface area contributed by atoms with Gasteiger partial charge in [-0.25, -0.2) is 0 Å². The largest absolute Gasteiger partial charge is 0.481 e. The van der Waals surface area contributed by atoms with Gasteiger partial charge in [-0.2, -0.15) is 0 Å². The number of carbonyl (C=O) groups is 2. The third-order valence-electron chi connectivity index (χ3n) is 3.01. The lowest BCUT2D eigenvalue weighted by atomic mass is 9.97. The second-order valence-corrected chi connectivity index (χ2v) is 5.08. The second-order valence-electron chi connectivity index (χ2n) is 5.08. The van der Waals surface area contributed by atoms with Crippen LogP contribution in [-0.4, -0.2) is 43.3 Å². The summed E-state index contributed by atoms with van der Waals surface area (Å²) >= 11 is 0. The first kappa shape index (κ1) is 17.1. The fourth-order valence-electron chi connectivity index (χ4n) is 2.17. The first-order chi connectivity index (χ1) is 9.91. The van der Waals surface area contributed by atoms with Crippen LogP contribution in [0, 0.1) is 0 Å². The molecule has 6 heteroatoms. The number of aliphatic carboxylic acids is 1. The Morgan fingerprint density at radius 3 is 2.38 bits per heavy atom. The van der Waals surface area contributed by atoms with Crippen LogP contribution < -0.4 is 5.32 Å². The Kier molecular flexibility index (Phi) is 6.33. The Hall–Kier alpha value is -1.92. The molecule has 1 aromatic rings. The molecule has 0 heterocycles. The highest BCUT2D eigenvalue weighted by atomic mass is 16.5. The van der Waals surface area contributed by atoms with E-state index in [-0.39, 0.29) is 13.0 Å². The Bertz CT molecular complexity index is 476. The lowest BCUT2D eigenvalue weighted by Crippen LogP contribution is -2.52. The fraction of sp³-hybridized carbons (Fsp3) is 0.467. The summed E-state index contributed by atoms with van der Waals surface area (Å²) in [4.78, 5) is 23.3. The zero-order valence-electron chi connectivity index (χ0n) is 12.5. The van der Waals surface area contributed by atoms with Crippen molar-refractivity contribution in [3.05, 3.63) is 35.9 Å². The number of carbonyl (C=O) groups excluding carboxylic acids is 1. The molecule has 0 spiro atoms. The minimum atomic E-state index is -1.01. The van der Waals surface area contributed by atoms with Crippen molar-refractivity contribution in [1.82, 2.24) is 5.32 Å². The monoisotopic (exact) mass is 295 g/mol. The van der Waals surface area contributed by atoms with Crippen LogP contribution in [0.25, 0.3) is 0 Å². The van der Waals surface area contributed by atoms with E-state index in [1.807, 2.05) is 6.07 Å². The molecule has 2 N–H and O–H groups in total. The van der Waals surface area contributed by atoms with Gasteiger partial charge in [-0.3, -0.25) is 9.59 Å². The van der Waals surface area contributed by atoms with Crippen LogP contribution in [0.5, 0.6) is 0 Å². The number of ether oxygens (including phenoxy) is 2. The lowest BCUT2D eigenvalue weighted by Gasteiger charge is -2.30. The van der Waals surface area contributed by atoms with Gasteiger partial charge in [0, 0.05) is 14.2 Å². The normalized spacial score (nSPS) is 15.0. The number of rotatable bonds is 8. The second kappa shape index (κ2) is 7.75. The zero-order chi connectivity index (χ0) is 15.9. The summed E-state index contributed by atoms with van der Waals surface area (Å²) in [6.07, 6.45) is -1.03. The maximum atomic E-state index is 12.4. The Morgan fingerprint density at radius 2 is 1.90 bits per heavy atom. The van der Waals surface area contributed by atoms with E-state index in [2.05, 4.69) is 5.32 Å². The van der Waals surface area contributed by atoms with Gasteiger partial charge in [0.1, 0.15) is 0 Å². The quantitative estimate of drug-likeness (QED) is 0.756.